The second-order valence-electron chi connectivity index (χ2n) is 3.50. The molecule has 4 nitrogen and oxygen atoms in total. The van der Waals surface area contributed by atoms with Gasteiger partial charge < -0.3 is 1.43 Å². The second-order valence-corrected chi connectivity index (χ2v) is 4.91. The van der Waals surface area contributed by atoms with Gasteiger partial charge in [0, 0.05) is 13.1 Å². The summed E-state index contributed by atoms with van der Waals surface area (Å²) in [4.78, 5) is 0. The minimum Gasteiger partial charge on any atom is -1.00 e. The Labute approximate surface area is 110 Å². The van der Waals surface area contributed by atoms with Gasteiger partial charge in [0.25, 0.3) is 0 Å². The van der Waals surface area contributed by atoms with Gasteiger partial charge in [0.2, 0.25) is 0 Å². The fourth-order valence-corrected chi connectivity index (χ4v) is 2.35. The third-order valence-electron chi connectivity index (χ3n) is 2.39. The van der Waals surface area contributed by atoms with Gasteiger partial charge in [0.15, 0.2) is 0 Å². The van der Waals surface area contributed by atoms with E-state index in [2.05, 4.69) is 0 Å². The van der Waals surface area contributed by atoms with E-state index >= 15 is 0 Å². The minimum absolute atomic E-state index is 0. The third-order valence-corrected chi connectivity index (χ3v) is 3.41. The summed E-state index contributed by atoms with van der Waals surface area (Å²) in [6.45, 7) is 0.942. The van der Waals surface area contributed by atoms with Crippen molar-refractivity contribution in [1.82, 2.24) is 4.31 Å². The quantitative estimate of drug-likeness (QED) is 0.444. The molecule has 0 atom stereocenters. The Morgan fingerprint density at radius 2 is 1.29 bits per heavy atom. The standard InChI is InChI=1S/C8H17NO3S.Na.H/c10-13(11,12)9-7-5-3-1-2-4-6-8-9;;/h1-8H2,(H,10,11,12);;/q;+1;-1. The van der Waals surface area contributed by atoms with Gasteiger partial charge in [-0.3, -0.25) is 4.55 Å². The average molecular weight is 231 g/mol. The number of rotatable bonds is 1. The number of hydrogen-bond donors (Lipinski definition) is 1. The zero-order chi connectivity index (χ0) is 9.73. The van der Waals surface area contributed by atoms with Gasteiger partial charge in [-0.15, -0.1) is 0 Å². The molecule has 6 heteroatoms. The summed E-state index contributed by atoms with van der Waals surface area (Å²) in [6, 6.07) is 0. The van der Waals surface area contributed by atoms with Crippen LogP contribution in [0.2, 0.25) is 0 Å². The van der Waals surface area contributed by atoms with Gasteiger partial charge in [0.05, 0.1) is 0 Å². The first kappa shape index (κ1) is 14.9. The molecule has 1 saturated heterocycles. The largest absolute Gasteiger partial charge is 1.00 e. The summed E-state index contributed by atoms with van der Waals surface area (Å²) in [7, 11) is -3.95. The van der Waals surface area contributed by atoms with Crippen LogP contribution in [0.3, 0.4) is 0 Å². The molecule has 80 valence electrons. The normalized spacial score (nSPS) is 21.5. The maximum atomic E-state index is 10.8. The van der Waals surface area contributed by atoms with Crippen molar-refractivity contribution in [3.63, 3.8) is 0 Å². The van der Waals surface area contributed by atoms with Crippen molar-refractivity contribution in [2.24, 2.45) is 0 Å². The van der Waals surface area contributed by atoms with Crippen molar-refractivity contribution in [2.75, 3.05) is 13.1 Å². The van der Waals surface area contributed by atoms with Crippen LogP contribution < -0.4 is 29.6 Å². The van der Waals surface area contributed by atoms with Gasteiger partial charge >= 0.3 is 39.9 Å². The van der Waals surface area contributed by atoms with Crippen LogP contribution in [0.25, 0.3) is 0 Å². The molecule has 0 aromatic carbocycles. The third kappa shape index (κ3) is 5.68. The zero-order valence-corrected chi connectivity index (χ0v) is 11.6. The Balaban J connectivity index is 0. The second kappa shape index (κ2) is 7.19. The van der Waals surface area contributed by atoms with Crippen molar-refractivity contribution in [2.45, 2.75) is 38.5 Å². The molecule has 0 aliphatic carbocycles. The molecule has 0 aromatic rings. The van der Waals surface area contributed by atoms with E-state index in [9.17, 15) is 8.42 Å². The molecule has 1 N–H and O–H groups in total. The minimum atomic E-state index is -3.95. The van der Waals surface area contributed by atoms with Gasteiger partial charge in [-0.25, -0.2) is 0 Å². The van der Waals surface area contributed by atoms with E-state index in [1.165, 1.54) is 17.1 Å². The van der Waals surface area contributed by atoms with Crippen LogP contribution >= 0.6 is 0 Å². The van der Waals surface area contributed by atoms with Crippen molar-refractivity contribution in [3.05, 3.63) is 0 Å². The predicted octanol–water partition coefficient (Wildman–Crippen LogP) is -1.44. The maximum Gasteiger partial charge on any atom is 1.00 e. The van der Waals surface area contributed by atoms with Gasteiger partial charge in [-0.1, -0.05) is 25.7 Å². The summed E-state index contributed by atoms with van der Waals surface area (Å²) in [6.07, 6.45) is 6.20. The number of hydrogen-bond acceptors (Lipinski definition) is 2. The van der Waals surface area contributed by atoms with E-state index in [1.54, 1.807) is 0 Å². The molecule has 0 saturated carbocycles. The Hall–Kier alpha value is 0.870. The summed E-state index contributed by atoms with van der Waals surface area (Å²) in [5.74, 6) is 0. The summed E-state index contributed by atoms with van der Waals surface area (Å²) in [5, 5.41) is 0. The average Bonchev–Trinajstić information content (AvgIpc) is 2.14. The van der Waals surface area contributed by atoms with Crippen LogP contribution in [-0.2, 0) is 10.3 Å². The molecule has 0 spiro atoms. The Bertz CT molecular complexity index is 238. The smallest absolute Gasteiger partial charge is 1.00 e. The van der Waals surface area contributed by atoms with E-state index in [0.717, 1.165) is 25.7 Å². The van der Waals surface area contributed by atoms with E-state index in [1.807, 2.05) is 0 Å². The van der Waals surface area contributed by atoms with Crippen LogP contribution in [0.4, 0.5) is 0 Å². The van der Waals surface area contributed by atoms with Crippen molar-refractivity contribution in [1.29, 1.82) is 0 Å². The first-order valence-electron chi connectivity index (χ1n) is 4.83. The molecule has 14 heavy (non-hydrogen) atoms. The Morgan fingerprint density at radius 1 is 0.929 bits per heavy atom. The van der Waals surface area contributed by atoms with E-state index in [-0.39, 0.29) is 31.0 Å². The number of nitrogens with zero attached hydrogens (tertiary/aromatic N) is 1. The molecule has 1 heterocycles. The SMILES string of the molecule is O=S(=O)(O)N1CCCCCCCC1.[H-].[Na+]. The maximum absolute atomic E-state index is 10.8. The van der Waals surface area contributed by atoms with Crippen molar-refractivity contribution in [3.8, 4) is 0 Å². The van der Waals surface area contributed by atoms with E-state index in [0.29, 0.717) is 13.1 Å². The molecule has 0 aromatic heterocycles. The molecule has 0 unspecified atom stereocenters. The van der Waals surface area contributed by atoms with E-state index in [4.69, 9.17) is 4.55 Å². The van der Waals surface area contributed by atoms with Crippen LogP contribution in [0.15, 0.2) is 0 Å². The zero-order valence-electron chi connectivity index (χ0n) is 9.78. The molecular weight excluding hydrogens is 213 g/mol. The molecule has 1 aliphatic heterocycles. The molecule has 1 aliphatic rings. The molecule has 1 rings (SSSR count). The summed E-state index contributed by atoms with van der Waals surface area (Å²) >= 11 is 0. The fraction of sp³-hybridized carbons (Fsp3) is 1.00. The summed E-state index contributed by atoms with van der Waals surface area (Å²) in [5.41, 5.74) is 0. The van der Waals surface area contributed by atoms with Crippen LogP contribution in [0.5, 0.6) is 0 Å². The molecule has 0 amide bonds. The van der Waals surface area contributed by atoms with Crippen molar-refractivity contribution < 1.29 is 44.0 Å². The molecular formula is C8H18NNaO3S. The Kier molecular flexibility index (Phi) is 7.64. The van der Waals surface area contributed by atoms with Crippen molar-refractivity contribution >= 4 is 10.3 Å². The van der Waals surface area contributed by atoms with Gasteiger partial charge in [0.1, 0.15) is 0 Å². The monoisotopic (exact) mass is 231 g/mol. The van der Waals surface area contributed by atoms with E-state index < -0.39 is 10.3 Å². The predicted molar refractivity (Wildman–Crippen MR) is 51.9 cm³/mol. The van der Waals surface area contributed by atoms with Crippen LogP contribution in [0, 0.1) is 0 Å². The molecule has 0 radical (unpaired) electrons. The van der Waals surface area contributed by atoms with Crippen LogP contribution in [-0.4, -0.2) is 30.4 Å². The first-order valence-corrected chi connectivity index (χ1v) is 6.23. The van der Waals surface area contributed by atoms with Gasteiger partial charge in [-0.2, -0.15) is 12.7 Å². The summed E-state index contributed by atoms with van der Waals surface area (Å²) < 4.78 is 31.7. The topological polar surface area (TPSA) is 57.6 Å². The van der Waals surface area contributed by atoms with Gasteiger partial charge in [-0.05, 0) is 12.8 Å². The fourth-order valence-electron chi connectivity index (χ4n) is 1.63. The first-order chi connectivity index (χ1) is 6.11. The van der Waals surface area contributed by atoms with Crippen LogP contribution in [0.1, 0.15) is 40.0 Å². The Morgan fingerprint density at radius 3 is 1.64 bits per heavy atom. The molecule has 1 fully saturated rings. The molecule has 0 bridgehead atoms.